The van der Waals surface area contributed by atoms with Crippen LogP contribution in [0.5, 0.6) is 11.5 Å². The van der Waals surface area contributed by atoms with Crippen LogP contribution >= 0.6 is 0 Å². The average Bonchev–Trinajstić information content (AvgIpc) is 3.30. The number of methoxy groups -OCH3 is 1. The molecule has 188 valence electrons. The van der Waals surface area contributed by atoms with Gasteiger partial charge in [0.05, 0.1) is 19.4 Å². The van der Waals surface area contributed by atoms with Gasteiger partial charge in [-0.25, -0.2) is 4.79 Å². The summed E-state index contributed by atoms with van der Waals surface area (Å²) in [6.07, 6.45) is 7.74. The summed E-state index contributed by atoms with van der Waals surface area (Å²) in [6.45, 7) is 8.72. The van der Waals surface area contributed by atoms with Crippen LogP contribution in [0.2, 0.25) is 0 Å². The summed E-state index contributed by atoms with van der Waals surface area (Å²) in [5.74, 6) is 1.82. The molecule has 1 fully saturated rings. The highest BCUT2D eigenvalue weighted by Crippen LogP contribution is 2.29. The van der Waals surface area contributed by atoms with Crippen LogP contribution in [0.3, 0.4) is 0 Å². The number of carbonyl (C=O) groups is 1. The Labute approximate surface area is 209 Å². The van der Waals surface area contributed by atoms with Crippen molar-refractivity contribution in [3.63, 3.8) is 0 Å². The zero-order valence-corrected chi connectivity index (χ0v) is 21.5. The van der Waals surface area contributed by atoms with Gasteiger partial charge in [0.15, 0.2) is 5.60 Å². The van der Waals surface area contributed by atoms with E-state index in [-0.39, 0.29) is 0 Å². The fraction of sp³-hybridized carbons (Fsp3) is 0.483. The van der Waals surface area contributed by atoms with Crippen molar-refractivity contribution in [2.24, 2.45) is 5.92 Å². The molecule has 0 aromatic heterocycles. The first-order valence-electron chi connectivity index (χ1n) is 12.7. The van der Waals surface area contributed by atoms with Gasteiger partial charge in [-0.1, -0.05) is 24.3 Å². The molecular formula is C29H39N2O4+. The van der Waals surface area contributed by atoms with Crippen LogP contribution in [-0.2, 0) is 9.53 Å². The zero-order chi connectivity index (χ0) is 24.8. The van der Waals surface area contributed by atoms with Crippen molar-refractivity contribution in [3.8, 4) is 22.6 Å². The minimum absolute atomic E-state index is 0.409. The van der Waals surface area contributed by atoms with Gasteiger partial charge in [0.1, 0.15) is 17.7 Å². The number of piperidine rings is 1. The second-order valence-electron chi connectivity index (χ2n) is 10.2. The lowest BCUT2D eigenvalue weighted by Crippen LogP contribution is -2.89. The molecule has 0 spiro atoms. The standard InChI is InChI=1S/C29H38N2O4/c1-21-11-12-27(30-21)31-16-13-22(14-17-31)15-18-34-25-9-5-7-23(19-25)24-8-6-10-26(20-24)35-29(2,3)28(32)33-4/h5-11,19-20,22,27,30H,12-18H2,1-4H3/p+1. The van der Waals surface area contributed by atoms with Crippen LogP contribution in [0.1, 0.15) is 46.5 Å². The molecule has 0 aliphatic carbocycles. The van der Waals surface area contributed by atoms with E-state index in [0.717, 1.165) is 35.8 Å². The molecule has 2 aliphatic heterocycles. The Morgan fingerprint density at radius 2 is 1.71 bits per heavy atom. The van der Waals surface area contributed by atoms with Gasteiger partial charge in [0, 0.05) is 26.4 Å². The molecule has 0 radical (unpaired) electrons. The molecule has 2 aromatic rings. The molecule has 4 rings (SSSR count). The van der Waals surface area contributed by atoms with Gasteiger partial charge in [0.25, 0.3) is 0 Å². The molecule has 1 unspecified atom stereocenters. The van der Waals surface area contributed by atoms with Crippen molar-refractivity contribution in [2.45, 2.75) is 58.2 Å². The predicted octanol–water partition coefficient (Wildman–Crippen LogP) is 4.36. The van der Waals surface area contributed by atoms with Crippen LogP contribution in [0.25, 0.3) is 11.1 Å². The second kappa shape index (κ2) is 11.3. The van der Waals surface area contributed by atoms with Crippen molar-refractivity contribution in [2.75, 3.05) is 26.8 Å². The first kappa shape index (κ1) is 25.3. The molecule has 1 atom stereocenters. The Morgan fingerprint density at radius 3 is 2.34 bits per heavy atom. The highest BCUT2D eigenvalue weighted by Gasteiger charge is 2.31. The summed E-state index contributed by atoms with van der Waals surface area (Å²) in [4.78, 5) is 14.6. The van der Waals surface area contributed by atoms with E-state index in [0.29, 0.717) is 11.9 Å². The number of likely N-dealkylation sites (tertiary alicyclic amines) is 1. The summed E-state index contributed by atoms with van der Waals surface area (Å²) >= 11 is 0. The molecule has 0 amide bonds. The Balaban J connectivity index is 1.28. The third kappa shape index (κ3) is 6.65. The number of benzene rings is 2. The van der Waals surface area contributed by atoms with E-state index in [4.69, 9.17) is 14.2 Å². The molecule has 1 saturated heterocycles. The average molecular weight is 480 g/mol. The third-order valence-electron chi connectivity index (χ3n) is 7.10. The Kier molecular flexibility index (Phi) is 8.14. The number of carbonyl (C=O) groups excluding carboxylic acids is 1. The van der Waals surface area contributed by atoms with Crippen molar-refractivity contribution in [3.05, 3.63) is 60.3 Å². The highest BCUT2D eigenvalue weighted by atomic mass is 16.6. The normalized spacial score (nSPS) is 19.3. The molecule has 6 nitrogen and oxygen atoms in total. The molecular weight excluding hydrogens is 440 g/mol. The lowest BCUT2D eigenvalue weighted by Gasteiger charge is -2.34. The summed E-state index contributed by atoms with van der Waals surface area (Å²) in [6, 6.07) is 15.9. The van der Waals surface area contributed by atoms with Gasteiger partial charge < -0.3 is 19.5 Å². The number of hydrogen-bond donors (Lipinski definition) is 1. The molecule has 2 aliphatic rings. The third-order valence-corrected chi connectivity index (χ3v) is 7.10. The van der Waals surface area contributed by atoms with Gasteiger partial charge in [0.2, 0.25) is 0 Å². The van der Waals surface area contributed by atoms with Crippen molar-refractivity contribution >= 4 is 5.97 Å². The summed E-state index contributed by atoms with van der Waals surface area (Å²) in [7, 11) is 1.37. The van der Waals surface area contributed by atoms with Crippen molar-refractivity contribution in [1.82, 2.24) is 4.90 Å². The zero-order valence-electron chi connectivity index (χ0n) is 21.5. The first-order valence-corrected chi connectivity index (χ1v) is 12.7. The summed E-state index contributed by atoms with van der Waals surface area (Å²) in [5.41, 5.74) is 2.43. The number of nitrogens with two attached hydrogens (primary N) is 1. The SMILES string of the molecule is COC(=O)C(C)(C)Oc1cccc(-c2cccc(OCCC3CCN(C4CC=C(C)[NH2+]4)CC3)c2)c1. The predicted molar refractivity (Wildman–Crippen MR) is 137 cm³/mol. The van der Waals surface area contributed by atoms with E-state index >= 15 is 0 Å². The molecule has 2 heterocycles. The van der Waals surface area contributed by atoms with E-state index in [1.54, 1.807) is 13.8 Å². The van der Waals surface area contributed by atoms with Gasteiger partial charge in [-0.3, -0.25) is 4.90 Å². The monoisotopic (exact) mass is 479 g/mol. The van der Waals surface area contributed by atoms with Crippen LogP contribution in [-0.4, -0.2) is 49.4 Å². The van der Waals surface area contributed by atoms with Crippen LogP contribution in [0.15, 0.2) is 60.3 Å². The minimum atomic E-state index is -1.06. The van der Waals surface area contributed by atoms with Gasteiger partial charge >= 0.3 is 5.97 Å². The van der Waals surface area contributed by atoms with E-state index < -0.39 is 11.6 Å². The highest BCUT2D eigenvalue weighted by molar-refractivity contribution is 5.79. The van der Waals surface area contributed by atoms with Gasteiger partial charge in [-0.15, -0.1) is 0 Å². The van der Waals surface area contributed by atoms with Crippen LogP contribution in [0.4, 0.5) is 0 Å². The van der Waals surface area contributed by atoms with Crippen LogP contribution < -0.4 is 14.8 Å². The fourth-order valence-electron chi connectivity index (χ4n) is 5.00. The number of quaternary nitrogens is 1. The van der Waals surface area contributed by atoms with Crippen LogP contribution in [0, 0.1) is 5.92 Å². The number of esters is 1. The molecule has 0 bridgehead atoms. The molecule has 6 heteroatoms. The number of nitrogens with zero attached hydrogens (tertiary/aromatic N) is 1. The van der Waals surface area contributed by atoms with E-state index in [9.17, 15) is 4.79 Å². The Morgan fingerprint density at radius 1 is 1.06 bits per heavy atom. The Hall–Kier alpha value is -2.83. The Bertz CT molecular complexity index is 1040. The second-order valence-corrected chi connectivity index (χ2v) is 10.2. The molecule has 2 aromatic carbocycles. The maximum absolute atomic E-state index is 12.0. The summed E-state index contributed by atoms with van der Waals surface area (Å²) in [5, 5.41) is 2.41. The lowest BCUT2D eigenvalue weighted by molar-refractivity contribution is -0.656. The van der Waals surface area contributed by atoms with E-state index in [2.05, 4.69) is 35.3 Å². The van der Waals surface area contributed by atoms with Crippen molar-refractivity contribution in [1.29, 1.82) is 0 Å². The van der Waals surface area contributed by atoms with E-state index in [1.165, 1.54) is 45.2 Å². The van der Waals surface area contributed by atoms with Gasteiger partial charge in [-0.05, 0) is 80.5 Å². The number of ether oxygens (including phenoxy) is 3. The largest absolute Gasteiger partial charge is 0.494 e. The molecule has 35 heavy (non-hydrogen) atoms. The summed E-state index contributed by atoms with van der Waals surface area (Å²) < 4.78 is 16.9. The maximum Gasteiger partial charge on any atom is 0.349 e. The quantitative estimate of drug-likeness (QED) is 0.542. The van der Waals surface area contributed by atoms with Gasteiger partial charge in [-0.2, -0.15) is 0 Å². The topological polar surface area (TPSA) is 64.6 Å². The first-order chi connectivity index (χ1) is 16.8. The van der Waals surface area contributed by atoms with E-state index in [1.807, 2.05) is 36.4 Å². The fourth-order valence-corrected chi connectivity index (χ4v) is 5.00. The minimum Gasteiger partial charge on any atom is -0.494 e. The number of hydrogen-bond acceptors (Lipinski definition) is 5. The molecule has 0 saturated carbocycles. The number of allylic oxidation sites excluding steroid dienone is 1. The lowest BCUT2D eigenvalue weighted by atomic mass is 9.93. The molecule has 2 N–H and O–H groups in total. The maximum atomic E-state index is 12.0. The number of rotatable bonds is 9. The smallest absolute Gasteiger partial charge is 0.349 e. The van der Waals surface area contributed by atoms with Crippen molar-refractivity contribution < 1.29 is 24.3 Å².